The van der Waals surface area contributed by atoms with E-state index in [1.165, 1.54) is 55.4 Å². The zero-order chi connectivity index (χ0) is 27.0. The summed E-state index contributed by atoms with van der Waals surface area (Å²) in [5.74, 6) is -0.500. The molecule has 0 aromatic heterocycles. The molecule has 0 aliphatic heterocycles. The first-order valence-corrected chi connectivity index (χ1v) is 12.3. The normalized spacial score (nSPS) is 8.06. The van der Waals surface area contributed by atoms with Gasteiger partial charge in [0.2, 0.25) is 0 Å². The first-order valence-electron chi connectivity index (χ1n) is 9.11. The predicted molar refractivity (Wildman–Crippen MR) is 109 cm³/mol. The van der Waals surface area contributed by atoms with Crippen LogP contribution in [0.25, 0.3) is 0 Å². The van der Waals surface area contributed by atoms with Gasteiger partial charge in [-0.25, -0.2) is 0 Å². The van der Waals surface area contributed by atoms with Crippen molar-refractivity contribution in [2.45, 2.75) is 81.1 Å². The van der Waals surface area contributed by atoms with E-state index in [0.717, 1.165) is 0 Å². The van der Waals surface area contributed by atoms with Gasteiger partial charge in [0.05, 0.1) is 25.7 Å². The summed E-state index contributed by atoms with van der Waals surface area (Å²) in [6.07, 6.45) is 0.333. The molecule has 0 saturated carbocycles. The SMILES string of the molecule is CC(=O)CC(C)=O.CC(=O)CC(C)=O.CC(=O)CC(C)=O.CC(=O)CC(C)=O.[O]=[Zr]([OH])[OH]. The molecular weight excluding hydrogens is 507 g/mol. The molecule has 0 radical (unpaired) electrons. The Kier molecular flexibility index (Phi) is 34.0. The van der Waals surface area contributed by atoms with Crippen molar-refractivity contribution in [1.82, 2.24) is 0 Å². The van der Waals surface area contributed by atoms with Gasteiger partial charge in [-0.05, 0) is 55.4 Å². The Morgan fingerprint density at radius 1 is 0.406 bits per heavy atom. The van der Waals surface area contributed by atoms with E-state index in [0.29, 0.717) is 0 Å². The third kappa shape index (κ3) is 104. The first kappa shape index (κ1) is 40.3. The minimum absolute atomic E-state index is 0.0625. The van der Waals surface area contributed by atoms with Gasteiger partial charge in [0, 0.05) is 0 Å². The monoisotopic (exact) mass is 540 g/mol. The minimum atomic E-state index is -3.79. The van der Waals surface area contributed by atoms with E-state index >= 15 is 0 Å². The Morgan fingerprint density at radius 3 is 0.469 bits per heavy atom. The van der Waals surface area contributed by atoms with E-state index in [9.17, 15) is 38.4 Å². The zero-order valence-electron chi connectivity index (χ0n) is 19.9. The molecule has 0 bridgehead atoms. The standard InChI is InChI=1S/4C5H8O2.2H2O.O.Zr/c4*1-4(6)3-5(2)7;;;;/h4*3H2,1-2H3;2*1H2;;/q;;;;;;;+2/p-2. The van der Waals surface area contributed by atoms with Gasteiger partial charge in [-0.15, -0.1) is 0 Å². The average Bonchev–Trinajstić information content (AvgIpc) is 2.41. The van der Waals surface area contributed by atoms with Gasteiger partial charge in [-0.2, -0.15) is 0 Å². The Balaban J connectivity index is -0.0000000960. The van der Waals surface area contributed by atoms with E-state index in [1.54, 1.807) is 0 Å². The van der Waals surface area contributed by atoms with Crippen LogP contribution in [0.5, 0.6) is 0 Å². The molecule has 0 aromatic rings. The number of ketones is 8. The summed E-state index contributed by atoms with van der Waals surface area (Å²) in [6, 6.07) is 0. The molecule has 2 N–H and O–H groups in total. The Morgan fingerprint density at radius 2 is 0.469 bits per heavy atom. The average molecular weight is 542 g/mol. The molecule has 0 amide bonds. The molecule has 0 spiro atoms. The van der Waals surface area contributed by atoms with Crippen LogP contribution < -0.4 is 0 Å². The van der Waals surface area contributed by atoms with Crippen LogP contribution in [0.15, 0.2) is 0 Å². The van der Waals surface area contributed by atoms with Crippen LogP contribution in [0.2, 0.25) is 0 Å². The molecule has 0 heterocycles. The fourth-order valence-corrected chi connectivity index (χ4v) is 1.40. The van der Waals surface area contributed by atoms with Gasteiger partial charge in [-0.3, -0.25) is 38.4 Å². The number of Topliss-reactive ketones (excluding diaryl/α,β-unsaturated/α-hetero) is 8. The first-order chi connectivity index (χ1) is 14.2. The third-order valence-electron chi connectivity index (χ3n) is 1.99. The molecule has 0 aliphatic carbocycles. The summed E-state index contributed by atoms with van der Waals surface area (Å²) >= 11 is -3.79. The van der Waals surface area contributed by atoms with Crippen LogP contribution in [-0.4, -0.2) is 52.6 Å². The fourth-order valence-electron chi connectivity index (χ4n) is 1.40. The molecule has 0 rings (SSSR count). The second-order valence-electron chi connectivity index (χ2n) is 6.61. The van der Waals surface area contributed by atoms with Crippen LogP contribution in [0.4, 0.5) is 0 Å². The van der Waals surface area contributed by atoms with Crippen molar-refractivity contribution in [1.29, 1.82) is 0 Å². The van der Waals surface area contributed by atoms with Crippen molar-refractivity contribution in [2.24, 2.45) is 0 Å². The van der Waals surface area contributed by atoms with E-state index in [4.69, 9.17) is 9.18 Å². The van der Waals surface area contributed by atoms with Gasteiger partial charge >= 0.3 is 31.8 Å². The molecule has 0 aromatic carbocycles. The quantitative estimate of drug-likeness (QED) is 0.416. The second kappa shape index (κ2) is 27.0. The van der Waals surface area contributed by atoms with Crippen molar-refractivity contribution < 1.29 is 70.2 Å². The summed E-state index contributed by atoms with van der Waals surface area (Å²) in [5, 5.41) is 0. The molecule has 0 unspecified atom stereocenters. The van der Waals surface area contributed by atoms with Crippen LogP contribution in [-0.2, 0) is 63.8 Å². The maximum atomic E-state index is 10.0. The van der Waals surface area contributed by atoms with E-state index < -0.39 is 22.6 Å². The van der Waals surface area contributed by atoms with Crippen molar-refractivity contribution in [3.05, 3.63) is 0 Å². The summed E-state index contributed by atoms with van der Waals surface area (Å²) in [7, 11) is 0. The number of hydrogen-bond donors (Lipinski definition) is 2. The predicted octanol–water partition coefficient (Wildman–Crippen LogP) is 0.983. The van der Waals surface area contributed by atoms with Crippen molar-refractivity contribution in [3.63, 3.8) is 0 Å². The van der Waals surface area contributed by atoms with Crippen molar-refractivity contribution in [3.8, 4) is 0 Å². The van der Waals surface area contributed by atoms with Gasteiger partial charge < -0.3 is 0 Å². The number of hydrogen-bond acceptors (Lipinski definition) is 9. The zero-order valence-corrected chi connectivity index (χ0v) is 22.4. The molecule has 0 fully saturated rings. The Hall–Kier alpha value is -2.04. The van der Waals surface area contributed by atoms with E-state index in [-0.39, 0.29) is 71.9 Å². The second-order valence-corrected chi connectivity index (χ2v) is 7.99. The van der Waals surface area contributed by atoms with Crippen molar-refractivity contribution >= 4 is 46.3 Å². The van der Waals surface area contributed by atoms with Crippen LogP contribution in [0.1, 0.15) is 81.1 Å². The van der Waals surface area contributed by atoms with Gasteiger partial charge in [-0.1, -0.05) is 0 Å². The molecule has 184 valence electrons. The van der Waals surface area contributed by atoms with Crippen LogP contribution in [0.3, 0.4) is 0 Å². The topological polar surface area (TPSA) is 194 Å². The number of carbonyl (C=O) groups excluding carboxylic acids is 8. The van der Waals surface area contributed by atoms with Gasteiger partial charge in [0.15, 0.2) is 0 Å². The van der Waals surface area contributed by atoms with Crippen molar-refractivity contribution in [2.75, 3.05) is 0 Å². The molecular formula is C20H34O11Zr. The molecule has 11 nitrogen and oxygen atoms in total. The van der Waals surface area contributed by atoms with Crippen LogP contribution >= 0.6 is 0 Å². The maximum absolute atomic E-state index is 10.0. The molecule has 0 aliphatic rings. The number of rotatable bonds is 8. The van der Waals surface area contributed by atoms with E-state index in [2.05, 4.69) is 0 Å². The van der Waals surface area contributed by atoms with E-state index in [1.807, 2.05) is 0 Å². The fraction of sp³-hybridized carbons (Fsp3) is 0.600. The number of carbonyl (C=O) groups is 8. The van der Waals surface area contributed by atoms with Crippen LogP contribution in [0, 0.1) is 0 Å². The third-order valence-corrected chi connectivity index (χ3v) is 1.99. The van der Waals surface area contributed by atoms with Gasteiger partial charge in [0.1, 0.15) is 46.3 Å². The molecule has 12 heteroatoms. The summed E-state index contributed by atoms with van der Waals surface area (Å²) < 4.78 is 23.3. The Bertz CT molecular complexity index is 523. The summed E-state index contributed by atoms with van der Waals surface area (Å²) in [4.78, 5) is 80.3. The molecule has 0 atom stereocenters. The molecule has 0 saturated heterocycles. The Labute approximate surface area is 197 Å². The summed E-state index contributed by atoms with van der Waals surface area (Å²) in [6.45, 7) is 11.2. The van der Waals surface area contributed by atoms with Gasteiger partial charge in [0.25, 0.3) is 0 Å². The summed E-state index contributed by atoms with van der Waals surface area (Å²) in [5.41, 5.74) is 0. The molecule has 32 heavy (non-hydrogen) atoms.